The summed E-state index contributed by atoms with van der Waals surface area (Å²) in [6.45, 7) is 5.47. The minimum atomic E-state index is -0.571. The zero-order chi connectivity index (χ0) is 21.1. The second-order valence-electron chi connectivity index (χ2n) is 6.26. The van der Waals surface area contributed by atoms with Crippen molar-refractivity contribution >= 4 is 29.1 Å². The molecule has 0 radical (unpaired) electrons. The van der Waals surface area contributed by atoms with Crippen molar-refractivity contribution in [1.82, 2.24) is 4.40 Å². The molecule has 7 heteroatoms. The number of rotatable bonds is 5. The first-order valence-electron chi connectivity index (χ1n) is 9.11. The Balaban J connectivity index is 2.36. The van der Waals surface area contributed by atoms with E-state index in [4.69, 9.17) is 21.1 Å². The number of aromatic nitrogens is 1. The van der Waals surface area contributed by atoms with Crippen LogP contribution in [0.2, 0.25) is 5.02 Å². The van der Waals surface area contributed by atoms with Crippen LogP contribution in [-0.2, 0) is 9.47 Å². The largest absolute Gasteiger partial charge is 0.462 e. The van der Waals surface area contributed by atoms with Gasteiger partial charge in [-0.2, -0.15) is 5.26 Å². The van der Waals surface area contributed by atoms with Gasteiger partial charge in [-0.05, 0) is 50.1 Å². The summed E-state index contributed by atoms with van der Waals surface area (Å²) in [7, 11) is 0. The molecule has 0 bridgehead atoms. The van der Waals surface area contributed by atoms with E-state index in [1.165, 1.54) is 4.40 Å². The minimum absolute atomic E-state index is 0.189. The van der Waals surface area contributed by atoms with E-state index in [0.717, 1.165) is 5.56 Å². The Hall–Kier alpha value is -3.30. The summed E-state index contributed by atoms with van der Waals surface area (Å²) in [5.41, 5.74) is 3.11. The highest BCUT2D eigenvalue weighted by molar-refractivity contribution is 6.30. The van der Waals surface area contributed by atoms with Crippen LogP contribution >= 0.6 is 11.6 Å². The Labute approximate surface area is 173 Å². The van der Waals surface area contributed by atoms with Gasteiger partial charge in [0, 0.05) is 16.8 Å². The quantitative estimate of drug-likeness (QED) is 0.564. The van der Waals surface area contributed by atoms with E-state index in [9.17, 15) is 14.9 Å². The minimum Gasteiger partial charge on any atom is -0.462 e. The zero-order valence-electron chi connectivity index (χ0n) is 16.3. The molecule has 0 atom stereocenters. The molecule has 29 heavy (non-hydrogen) atoms. The number of pyridine rings is 1. The Bertz CT molecular complexity index is 1140. The predicted octanol–water partition coefficient (Wildman–Crippen LogP) is 4.79. The number of benzene rings is 1. The molecule has 0 amide bonds. The molecule has 148 valence electrons. The maximum atomic E-state index is 12.7. The van der Waals surface area contributed by atoms with Crippen molar-refractivity contribution < 1.29 is 19.1 Å². The molecular formula is C22H19ClN2O4. The van der Waals surface area contributed by atoms with Crippen molar-refractivity contribution in [2.75, 3.05) is 13.2 Å². The topological polar surface area (TPSA) is 80.8 Å². The first-order chi connectivity index (χ1) is 13.9. The lowest BCUT2D eigenvalue weighted by atomic mass is 10.0. The molecular weight excluding hydrogens is 392 g/mol. The fraction of sp³-hybridized carbons (Fsp3) is 0.227. The SMILES string of the molecule is CCOC(=O)c1c(C)c(C(=O)OCC)n2cc(C#N)c(-c3ccc(Cl)cc3)cc12. The van der Waals surface area contributed by atoms with Crippen LogP contribution in [0.15, 0.2) is 36.5 Å². The Kier molecular flexibility index (Phi) is 5.90. The number of hydrogen-bond acceptors (Lipinski definition) is 5. The second-order valence-corrected chi connectivity index (χ2v) is 6.70. The first-order valence-corrected chi connectivity index (χ1v) is 9.49. The van der Waals surface area contributed by atoms with Crippen molar-refractivity contribution in [2.24, 2.45) is 0 Å². The third-order valence-electron chi connectivity index (χ3n) is 4.54. The third kappa shape index (κ3) is 3.69. The van der Waals surface area contributed by atoms with Crippen LogP contribution in [0.25, 0.3) is 16.6 Å². The molecule has 0 aliphatic rings. The fourth-order valence-corrected chi connectivity index (χ4v) is 3.42. The molecule has 3 aromatic rings. The molecule has 0 unspecified atom stereocenters. The van der Waals surface area contributed by atoms with Crippen LogP contribution in [0.1, 0.15) is 45.8 Å². The molecule has 2 heterocycles. The summed E-state index contributed by atoms with van der Waals surface area (Å²) in [6.07, 6.45) is 1.54. The van der Waals surface area contributed by atoms with Crippen molar-refractivity contribution in [3.63, 3.8) is 0 Å². The molecule has 0 spiro atoms. The number of nitrogens with zero attached hydrogens (tertiary/aromatic N) is 2. The summed E-state index contributed by atoms with van der Waals surface area (Å²) in [5, 5.41) is 10.3. The number of carbonyl (C=O) groups excluding carboxylic acids is 2. The lowest BCUT2D eigenvalue weighted by Crippen LogP contribution is -2.10. The van der Waals surface area contributed by atoms with Gasteiger partial charge in [0.05, 0.1) is 29.9 Å². The molecule has 0 saturated carbocycles. The van der Waals surface area contributed by atoms with E-state index in [1.807, 2.05) is 0 Å². The van der Waals surface area contributed by atoms with E-state index in [0.29, 0.717) is 27.2 Å². The number of nitriles is 1. The molecule has 0 fully saturated rings. The molecule has 0 aliphatic heterocycles. The number of hydrogen-bond donors (Lipinski definition) is 0. The lowest BCUT2D eigenvalue weighted by Gasteiger charge is -2.09. The van der Waals surface area contributed by atoms with E-state index < -0.39 is 11.9 Å². The molecule has 1 aromatic carbocycles. The third-order valence-corrected chi connectivity index (χ3v) is 4.79. The predicted molar refractivity (Wildman–Crippen MR) is 109 cm³/mol. The van der Waals surface area contributed by atoms with Crippen LogP contribution in [0.5, 0.6) is 0 Å². The molecule has 0 N–H and O–H groups in total. The van der Waals surface area contributed by atoms with Gasteiger partial charge in [-0.25, -0.2) is 9.59 Å². The summed E-state index contributed by atoms with van der Waals surface area (Å²) < 4.78 is 11.9. The van der Waals surface area contributed by atoms with Gasteiger partial charge in [-0.15, -0.1) is 0 Å². The van der Waals surface area contributed by atoms with Gasteiger partial charge in [-0.1, -0.05) is 23.7 Å². The van der Waals surface area contributed by atoms with E-state index in [1.54, 1.807) is 57.3 Å². The highest BCUT2D eigenvalue weighted by atomic mass is 35.5. The number of esters is 2. The van der Waals surface area contributed by atoms with Gasteiger partial charge < -0.3 is 13.9 Å². The molecule has 6 nitrogen and oxygen atoms in total. The van der Waals surface area contributed by atoms with Crippen molar-refractivity contribution in [3.05, 3.63) is 63.9 Å². The number of carbonyl (C=O) groups is 2. The molecule has 2 aromatic heterocycles. The van der Waals surface area contributed by atoms with E-state index >= 15 is 0 Å². The standard InChI is InChI=1S/C22H19ClN2O4/c1-4-28-21(26)19-13(3)20(22(27)29-5-2)25-12-15(11-24)17(10-18(19)25)14-6-8-16(23)9-7-14/h6-10,12H,4-5H2,1-3H3. The number of fused-ring (bicyclic) bond motifs is 1. The Morgan fingerprint density at radius 1 is 1.10 bits per heavy atom. The normalized spacial score (nSPS) is 10.6. The molecule has 0 saturated heterocycles. The first kappa shape index (κ1) is 20.4. The van der Waals surface area contributed by atoms with E-state index in [2.05, 4.69) is 6.07 Å². The highest BCUT2D eigenvalue weighted by Crippen LogP contribution is 2.32. The summed E-state index contributed by atoms with van der Waals surface area (Å²) in [5.74, 6) is -1.11. The van der Waals surface area contributed by atoms with Gasteiger partial charge in [-0.3, -0.25) is 0 Å². The lowest BCUT2D eigenvalue weighted by molar-refractivity contribution is 0.0517. The molecule has 0 aliphatic carbocycles. The summed E-state index contributed by atoms with van der Waals surface area (Å²) in [4.78, 5) is 25.2. The van der Waals surface area contributed by atoms with Gasteiger partial charge in [0.1, 0.15) is 11.8 Å². The van der Waals surface area contributed by atoms with Gasteiger partial charge in [0.2, 0.25) is 0 Å². The average Bonchev–Trinajstić information content (AvgIpc) is 2.98. The van der Waals surface area contributed by atoms with Crippen LogP contribution < -0.4 is 0 Å². The van der Waals surface area contributed by atoms with Crippen molar-refractivity contribution in [1.29, 1.82) is 5.26 Å². The summed E-state index contributed by atoms with van der Waals surface area (Å²) in [6, 6.07) is 10.9. The summed E-state index contributed by atoms with van der Waals surface area (Å²) >= 11 is 5.98. The maximum Gasteiger partial charge on any atom is 0.355 e. The number of ether oxygens (including phenoxy) is 2. The van der Waals surface area contributed by atoms with E-state index in [-0.39, 0.29) is 24.5 Å². The molecule has 3 rings (SSSR count). The van der Waals surface area contributed by atoms with Crippen LogP contribution in [-0.4, -0.2) is 29.6 Å². The fourth-order valence-electron chi connectivity index (χ4n) is 3.29. The number of halogens is 1. The monoisotopic (exact) mass is 410 g/mol. The van der Waals surface area contributed by atoms with Crippen molar-refractivity contribution in [2.45, 2.75) is 20.8 Å². The highest BCUT2D eigenvalue weighted by Gasteiger charge is 2.27. The van der Waals surface area contributed by atoms with Gasteiger partial charge in [0.25, 0.3) is 0 Å². The Morgan fingerprint density at radius 3 is 2.31 bits per heavy atom. The smallest absolute Gasteiger partial charge is 0.355 e. The zero-order valence-corrected chi connectivity index (χ0v) is 17.0. The van der Waals surface area contributed by atoms with Crippen LogP contribution in [0.4, 0.5) is 0 Å². The second kappa shape index (κ2) is 8.38. The van der Waals surface area contributed by atoms with Gasteiger partial charge >= 0.3 is 11.9 Å². The average molecular weight is 411 g/mol. The Morgan fingerprint density at radius 2 is 1.72 bits per heavy atom. The maximum absolute atomic E-state index is 12.7. The van der Waals surface area contributed by atoms with Crippen LogP contribution in [0, 0.1) is 18.3 Å². The van der Waals surface area contributed by atoms with Crippen molar-refractivity contribution in [3.8, 4) is 17.2 Å². The van der Waals surface area contributed by atoms with Gasteiger partial charge in [0.15, 0.2) is 0 Å². The van der Waals surface area contributed by atoms with Crippen LogP contribution in [0.3, 0.4) is 0 Å².